The number of aromatic nitrogens is 2. The fourth-order valence-corrected chi connectivity index (χ4v) is 0.186. The Morgan fingerprint density at radius 1 is 1.67 bits per heavy atom. The first kappa shape index (κ1) is 6.85. The maximum Gasteiger partial charge on any atom is 0.112 e. The number of aromatic amines is 1. The molecule has 1 heterocycles. The standard InChI is InChI=1S/C3H3N2.K.H/c1-2-4-5-3-1;;/h1-2H,(H,4,5);;. The van der Waals surface area contributed by atoms with Crippen LogP contribution in [0.3, 0.4) is 0 Å². The SMILES string of the molecule is [KH].[c]1cc[nH]n1. The average Bonchev–Trinajstić information content (AvgIpc) is 1.76. The Hall–Kier alpha value is 0.846. The molecule has 0 aliphatic rings. The fraction of sp³-hybridized carbons (Fsp3) is 0. The van der Waals surface area contributed by atoms with Gasteiger partial charge in [0.2, 0.25) is 0 Å². The normalized spacial score (nSPS) is 6.67. The van der Waals surface area contributed by atoms with Gasteiger partial charge in [-0.1, -0.05) is 0 Å². The maximum absolute atomic E-state index is 3.47. The van der Waals surface area contributed by atoms with Crippen molar-refractivity contribution in [3.8, 4) is 0 Å². The van der Waals surface area contributed by atoms with Crippen molar-refractivity contribution in [2.24, 2.45) is 0 Å². The van der Waals surface area contributed by atoms with E-state index in [0.29, 0.717) is 0 Å². The van der Waals surface area contributed by atoms with Crippen molar-refractivity contribution in [2.45, 2.75) is 0 Å². The Bertz CT molecular complexity index is 65.3. The van der Waals surface area contributed by atoms with Crippen molar-refractivity contribution in [3.05, 3.63) is 18.5 Å². The van der Waals surface area contributed by atoms with Gasteiger partial charge in [-0.25, -0.2) is 0 Å². The predicted octanol–water partition coefficient (Wildman–Crippen LogP) is -0.439. The zero-order valence-corrected chi connectivity index (χ0v) is 2.60. The summed E-state index contributed by atoms with van der Waals surface area (Å²) < 4.78 is 0. The van der Waals surface area contributed by atoms with Crippen LogP contribution in [0.15, 0.2) is 12.3 Å². The van der Waals surface area contributed by atoms with Crippen LogP contribution in [0.25, 0.3) is 0 Å². The van der Waals surface area contributed by atoms with Gasteiger partial charge in [0.05, 0.1) is 0 Å². The molecule has 0 saturated carbocycles. The predicted molar refractivity (Wildman–Crippen MR) is 24.6 cm³/mol. The van der Waals surface area contributed by atoms with Crippen molar-refractivity contribution in [1.82, 2.24) is 10.2 Å². The molecule has 1 aromatic rings. The molecule has 0 spiro atoms. The van der Waals surface area contributed by atoms with E-state index in [1.807, 2.05) is 0 Å². The molecule has 0 atom stereocenters. The third kappa shape index (κ3) is 2.10. The second kappa shape index (κ2) is 4.02. The van der Waals surface area contributed by atoms with Crippen LogP contribution in [-0.2, 0) is 0 Å². The van der Waals surface area contributed by atoms with Gasteiger partial charge in [0, 0.05) is 6.20 Å². The number of hydrogen-bond donors (Lipinski definition) is 1. The van der Waals surface area contributed by atoms with Crippen LogP contribution in [0.1, 0.15) is 0 Å². The monoisotopic (exact) mass is 107 g/mol. The maximum atomic E-state index is 3.47. The van der Waals surface area contributed by atoms with Crippen molar-refractivity contribution < 1.29 is 0 Å². The van der Waals surface area contributed by atoms with Gasteiger partial charge >= 0.3 is 51.4 Å². The first-order valence-electron chi connectivity index (χ1n) is 1.36. The molecule has 1 rings (SSSR count). The summed E-state index contributed by atoms with van der Waals surface area (Å²) in [5, 5.41) is 6.03. The smallest absolute Gasteiger partial charge is 0.112 e. The third-order valence-corrected chi connectivity index (χ3v) is 0.362. The fourth-order valence-electron chi connectivity index (χ4n) is 0.186. The van der Waals surface area contributed by atoms with E-state index in [4.69, 9.17) is 0 Å². The van der Waals surface area contributed by atoms with E-state index in [0.717, 1.165) is 0 Å². The van der Waals surface area contributed by atoms with E-state index < -0.39 is 0 Å². The summed E-state index contributed by atoms with van der Waals surface area (Å²) in [5.41, 5.74) is 0. The second-order valence-corrected chi connectivity index (χ2v) is 0.703. The largest absolute Gasteiger partial charge is 0.285 e. The number of nitrogens with zero attached hydrogens (tertiary/aromatic N) is 1. The van der Waals surface area contributed by atoms with Gasteiger partial charge in [0.25, 0.3) is 0 Å². The van der Waals surface area contributed by atoms with Crippen LogP contribution in [0.2, 0.25) is 0 Å². The Kier molecular flexibility index (Phi) is 4.58. The molecule has 2 nitrogen and oxygen atoms in total. The van der Waals surface area contributed by atoms with E-state index in [1.165, 1.54) is 0 Å². The van der Waals surface area contributed by atoms with Gasteiger partial charge in [-0.05, 0) is 6.07 Å². The Morgan fingerprint density at radius 3 is 2.67 bits per heavy atom. The average molecular weight is 107 g/mol. The Morgan fingerprint density at radius 2 is 2.50 bits per heavy atom. The molecule has 0 bridgehead atoms. The second-order valence-electron chi connectivity index (χ2n) is 0.703. The summed E-state index contributed by atoms with van der Waals surface area (Å²) in [5.74, 6) is 0. The molecule has 0 aliphatic carbocycles. The minimum absolute atomic E-state index is 0. The van der Waals surface area contributed by atoms with Gasteiger partial charge in [-0.2, -0.15) is 5.10 Å². The first-order chi connectivity index (χ1) is 2.50. The van der Waals surface area contributed by atoms with E-state index in [9.17, 15) is 0 Å². The van der Waals surface area contributed by atoms with Crippen molar-refractivity contribution in [1.29, 1.82) is 0 Å². The number of nitrogens with one attached hydrogen (secondary N) is 1. The van der Waals surface area contributed by atoms with E-state index in [1.54, 1.807) is 12.3 Å². The summed E-state index contributed by atoms with van der Waals surface area (Å²) in [6.45, 7) is 0. The first-order valence-corrected chi connectivity index (χ1v) is 1.36. The molecule has 0 aliphatic heterocycles. The van der Waals surface area contributed by atoms with Crippen LogP contribution in [-0.4, -0.2) is 61.6 Å². The molecule has 1 aromatic heterocycles. The number of hydrogen-bond acceptors (Lipinski definition) is 1. The summed E-state index contributed by atoms with van der Waals surface area (Å²) >= 11 is 0. The molecule has 0 fully saturated rings. The van der Waals surface area contributed by atoms with Crippen LogP contribution in [0.5, 0.6) is 0 Å². The van der Waals surface area contributed by atoms with Crippen LogP contribution in [0.4, 0.5) is 0 Å². The van der Waals surface area contributed by atoms with Crippen LogP contribution in [0, 0.1) is 6.20 Å². The topological polar surface area (TPSA) is 28.7 Å². The Labute approximate surface area is 78.8 Å². The number of H-pyrrole nitrogens is 1. The van der Waals surface area contributed by atoms with Gasteiger partial charge in [-0.3, -0.25) is 5.10 Å². The van der Waals surface area contributed by atoms with Crippen molar-refractivity contribution in [3.63, 3.8) is 0 Å². The van der Waals surface area contributed by atoms with Crippen molar-refractivity contribution >= 4 is 51.4 Å². The quantitative estimate of drug-likeness (QED) is 0.447. The molecule has 3 heteroatoms. The van der Waals surface area contributed by atoms with E-state index in [2.05, 4.69) is 16.4 Å². The summed E-state index contributed by atoms with van der Waals surface area (Å²) in [6.07, 6.45) is 4.26. The zero-order valence-electron chi connectivity index (χ0n) is 2.60. The zero-order chi connectivity index (χ0) is 3.54. The van der Waals surface area contributed by atoms with Gasteiger partial charge in [-0.15, -0.1) is 0 Å². The molecule has 1 N–H and O–H groups in total. The van der Waals surface area contributed by atoms with E-state index in [-0.39, 0.29) is 51.4 Å². The molecule has 0 amide bonds. The molecule has 1 radical (unpaired) electrons. The van der Waals surface area contributed by atoms with E-state index >= 15 is 0 Å². The minimum atomic E-state index is 0. The third-order valence-electron chi connectivity index (χ3n) is 0.362. The molecule has 0 unspecified atom stereocenters. The minimum Gasteiger partial charge on any atom is -0.285 e. The summed E-state index contributed by atoms with van der Waals surface area (Å²) in [6, 6.07) is 1.71. The van der Waals surface area contributed by atoms with Crippen LogP contribution >= 0.6 is 0 Å². The molecule has 0 saturated heterocycles. The number of rotatable bonds is 0. The molecular weight excluding hydrogens is 103 g/mol. The van der Waals surface area contributed by atoms with Gasteiger partial charge < -0.3 is 0 Å². The molecule has 0 aromatic carbocycles. The summed E-state index contributed by atoms with van der Waals surface area (Å²) in [4.78, 5) is 0. The molecule has 6 heavy (non-hydrogen) atoms. The van der Waals surface area contributed by atoms with Gasteiger partial charge in [0.1, 0.15) is 6.20 Å². The van der Waals surface area contributed by atoms with Crippen LogP contribution < -0.4 is 0 Å². The van der Waals surface area contributed by atoms with Crippen molar-refractivity contribution in [2.75, 3.05) is 0 Å². The molecule has 27 valence electrons. The Balaban J connectivity index is 0.000000250. The van der Waals surface area contributed by atoms with Gasteiger partial charge in [0.15, 0.2) is 0 Å². The summed E-state index contributed by atoms with van der Waals surface area (Å²) in [7, 11) is 0. The molecular formula is C3H4KN2.